The van der Waals surface area contributed by atoms with Crippen molar-refractivity contribution in [3.8, 4) is 33.3 Å². The highest BCUT2D eigenvalue weighted by Gasteiger charge is 2.09. The molecule has 1 N–H and O–H groups in total. The lowest BCUT2D eigenvalue weighted by Crippen LogP contribution is -2.07. The van der Waals surface area contributed by atoms with E-state index in [4.69, 9.17) is 14.5 Å². The van der Waals surface area contributed by atoms with Crippen LogP contribution in [0.5, 0.6) is 11.5 Å². The number of carbonyl (C=O) groups is 2. The van der Waals surface area contributed by atoms with E-state index in [1.165, 1.54) is 20.1 Å². The van der Waals surface area contributed by atoms with Gasteiger partial charge >= 0.3 is 5.97 Å². The lowest BCUT2D eigenvalue weighted by molar-refractivity contribution is -0.132. The summed E-state index contributed by atoms with van der Waals surface area (Å²) in [5.74, 6) is 0.00479. The summed E-state index contributed by atoms with van der Waals surface area (Å²) in [5.41, 5.74) is 4.08. The second kappa shape index (κ2) is 10.5. The maximum absolute atomic E-state index is 12.5. The summed E-state index contributed by atoms with van der Waals surface area (Å²) < 4.78 is 10.3. The Morgan fingerprint density at radius 3 is 2.65 bits per heavy atom. The minimum absolute atomic E-state index is 0.283. The fourth-order valence-electron chi connectivity index (χ4n) is 3.17. The highest BCUT2D eigenvalue weighted by molar-refractivity contribution is 7.13. The van der Waals surface area contributed by atoms with E-state index in [9.17, 15) is 9.59 Å². The molecule has 0 radical (unpaired) electrons. The Morgan fingerprint density at radius 2 is 1.88 bits per heavy atom. The van der Waals surface area contributed by atoms with E-state index in [0.717, 1.165) is 27.4 Å². The second-order valence-corrected chi connectivity index (χ2v) is 8.05. The number of nitrogens with zero attached hydrogens (tertiary/aromatic N) is 2. The molecule has 0 aliphatic rings. The van der Waals surface area contributed by atoms with Crippen LogP contribution in [0.1, 0.15) is 12.5 Å². The van der Waals surface area contributed by atoms with Gasteiger partial charge in [-0.25, -0.2) is 4.98 Å². The summed E-state index contributed by atoms with van der Waals surface area (Å²) in [6.45, 7) is 1.32. The first-order valence-electron chi connectivity index (χ1n) is 10.3. The monoisotopic (exact) mass is 471 g/mol. The van der Waals surface area contributed by atoms with E-state index in [1.54, 1.807) is 48.0 Å². The minimum Gasteiger partial charge on any atom is -0.493 e. The smallest absolute Gasteiger partial charge is 0.308 e. The van der Waals surface area contributed by atoms with Gasteiger partial charge in [0.15, 0.2) is 11.5 Å². The molecule has 0 spiro atoms. The molecule has 0 saturated heterocycles. The van der Waals surface area contributed by atoms with Gasteiger partial charge in [-0.3, -0.25) is 14.6 Å². The molecule has 170 valence electrons. The van der Waals surface area contributed by atoms with Gasteiger partial charge in [0.25, 0.3) is 0 Å². The molecule has 7 nitrogen and oxygen atoms in total. The van der Waals surface area contributed by atoms with E-state index >= 15 is 0 Å². The summed E-state index contributed by atoms with van der Waals surface area (Å²) in [7, 11) is 1.48. The number of amides is 1. The van der Waals surface area contributed by atoms with Gasteiger partial charge < -0.3 is 14.8 Å². The normalized spacial score (nSPS) is 10.8. The third-order valence-corrected chi connectivity index (χ3v) is 5.60. The van der Waals surface area contributed by atoms with Crippen molar-refractivity contribution in [2.75, 3.05) is 12.4 Å². The van der Waals surface area contributed by atoms with E-state index in [1.807, 2.05) is 41.8 Å². The third kappa shape index (κ3) is 5.73. The van der Waals surface area contributed by atoms with Crippen molar-refractivity contribution in [1.82, 2.24) is 9.97 Å². The van der Waals surface area contributed by atoms with Crippen molar-refractivity contribution in [2.45, 2.75) is 6.92 Å². The number of thiazole rings is 1. The Labute approximate surface area is 200 Å². The van der Waals surface area contributed by atoms with Gasteiger partial charge in [0.2, 0.25) is 5.91 Å². The molecule has 2 aromatic carbocycles. The van der Waals surface area contributed by atoms with Crippen LogP contribution in [0.2, 0.25) is 0 Å². The Kier molecular flexibility index (Phi) is 7.10. The van der Waals surface area contributed by atoms with Crippen LogP contribution < -0.4 is 14.8 Å². The standard InChI is InChI=1S/C26H21N3O4S/c1-17(30)33-23-10-8-18(13-24(23)32-2)9-11-25(31)28-21-7-3-5-19(14-21)22-16-34-26(29-22)20-6-4-12-27-15-20/h3-16H,1-2H3,(H,28,31)/b11-9+. The van der Waals surface area contributed by atoms with Crippen molar-refractivity contribution >= 4 is 35.0 Å². The minimum atomic E-state index is -0.436. The number of benzene rings is 2. The molecule has 2 heterocycles. The van der Waals surface area contributed by atoms with Crippen LogP contribution in [0.3, 0.4) is 0 Å². The predicted octanol–water partition coefficient (Wildman–Crippen LogP) is 5.46. The van der Waals surface area contributed by atoms with Crippen molar-refractivity contribution in [3.05, 3.63) is 84.0 Å². The molecule has 0 unspecified atom stereocenters. The van der Waals surface area contributed by atoms with Crippen LogP contribution in [-0.2, 0) is 9.59 Å². The lowest BCUT2D eigenvalue weighted by atomic mass is 10.1. The fraction of sp³-hybridized carbons (Fsp3) is 0.0769. The van der Waals surface area contributed by atoms with Gasteiger partial charge in [0.1, 0.15) is 5.01 Å². The number of hydrogen-bond donors (Lipinski definition) is 1. The Balaban J connectivity index is 1.44. The molecule has 4 aromatic rings. The van der Waals surface area contributed by atoms with Crippen molar-refractivity contribution in [1.29, 1.82) is 0 Å². The molecule has 0 aliphatic heterocycles. The zero-order valence-electron chi connectivity index (χ0n) is 18.5. The number of esters is 1. The molecular formula is C26H21N3O4S. The number of carbonyl (C=O) groups excluding carboxylic acids is 2. The number of methoxy groups -OCH3 is 1. The molecule has 34 heavy (non-hydrogen) atoms. The Bertz CT molecular complexity index is 1350. The van der Waals surface area contributed by atoms with Crippen molar-refractivity contribution in [2.24, 2.45) is 0 Å². The molecule has 0 bridgehead atoms. The van der Waals surface area contributed by atoms with Crippen LogP contribution in [0, 0.1) is 0 Å². The number of aromatic nitrogens is 2. The Morgan fingerprint density at radius 1 is 1.03 bits per heavy atom. The molecule has 0 aliphatic carbocycles. The summed E-state index contributed by atoms with van der Waals surface area (Å²) in [5, 5.41) is 5.73. The first kappa shape index (κ1) is 22.9. The van der Waals surface area contributed by atoms with Gasteiger partial charge in [-0.15, -0.1) is 11.3 Å². The largest absolute Gasteiger partial charge is 0.493 e. The number of pyridine rings is 1. The topological polar surface area (TPSA) is 90.4 Å². The average Bonchev–Trinajstić information content (AvgIpc) is 3.34. The zero-order valence-corrected chi connectivity index (χ0v) is 19.3. The van der Waals surface area contributed by atoms with Crippen LogP contribution in [0.25, 0.3) is 27.9 Å². The average molecular weight is 472 g/mol. The van der Waals surface area contributed by atoms with Crippen LogP contribution in [-0.4, -0.2) is 29.0 Å². The fourth-order valence-corrected chi connectivity index (χ4v) is 3.99. The highest BCUT2D eigenvalue weighted by atomic mass is 32.1. The van der Waals surface area contributed by atoms with Crippen LogP contribution in [0.4, 0.5) is 5.69 Å². The molecule has 4 rings (SSSR count). The molecule has 8 heteroatoms. The van der Waals surface area contributed by atoms with Gasteiger partial charge in [0.05, 0.1) is 12.8 Å². The maximum atomic E-state index is 12.5. The summed E-state index contributed by atoms with van der Waals surface area (Å²) >= 11 is 1.54. The summed E-state index contributed by atoms with van der Waals surface area (Å²) in [6.07, 6.45) is 6.59. The summed E-state index contributed by atoms with van der Waals surface area (Å²) in [6, 6.07) is 16.4. The Hall–Kier alpha value is -4.30. The van der Waals surface area contributed by atoms with E-state index < -0.39 is 5.97 Å². The number of rotatable bonds is 7. The predicted molar refractivity (Wildman–Crippen MR) is 133 cm³/mol. The number of nitrogens with one attached hydrogen (secondary N) is 1. The zero-order chi connectivity index (χ0) is 23.9. The molecule has 1 amide bonds. The molecule has 0 saturated carbocycles. The second-order valence-electron chi connectivity index (χ2n) is 7.19. The first-order chi connectivity index (χ1) is 16.5. The molecular weight excluding hydrogens is 450 g/mol. The van der Waals surface area contributed by atoms with Crippen LogP contribution in [0.15, 0.2) is 78.4 Å². The van der Waals surface area contributed by atoms with Crippen molar-refractivity contribution < 1.29 is 19.1 Å². The number of hydrogen-bond acceptors (Lipinski definition) is 7. The molecule has 0 atom stereocenters. The maximum Gasteiger partial charge on any atom is 0.308 e. The molecule has 2 aromatic heterocycles. The van der Waals surface area contributed by atoms with E-state index in [2.05, 4.69) is 10.3 Å². The lowest BCUT2D eigenvalue weighted by Gasteiger charge is -2.08. The van der Waals surface area contributed by atoms with Gasteiger partial charge in [-0.2, -0.15) is 0 Å². The van der Waals surface area contributed by atoms with E-state index in [-0.39, 0.29) is 5.91 Å². The van der Waals surface area contributed by atoms with Gasteiger partial charge in [-0.05, 0) is 48.0 Å². The number of ether oxygens (including phenoxy) is 2. The quantitative estimate of drug-likeness (QED) is 0.219. The third-order valence-electron chi connectivity index (χ3n) is 4.71. The SMILES string of the molecule is COc1cc(/C=C/C(=O)Nc2cccc(-c3csc(-c4cccnc4)n3)c2)ccc1OC(C)=O. The van der Waals surface area contributed by atoms with Crippen LogP contribution >= 0.6 is 11.3 Å². The van der Waals surface area contributed by atoms with E-state index in [0.29, 0.717) is 17.2 Å². The van der Waals surface area contributed by atoms with Gasteiger partial charge in [0, 0.05) is 47.6 Å². The number of anilines is 1. The van der Waals surface area contributed by atoms with Crippen molar-refractivity contribution in [3.63, 3.8) is 0 Å². The van der Waals surface area contributed by atoms with Gasteiger partial charge in [-0.1, -0.05) is 18.2 Å². The highest BCUT2D eigenvalue weighted by Crippen LogP contribution is 2.30. The molecule has 0 fully saturated rings. The first-order valence-corrected chi connectivity index (χ1v) is 11.2. The summed E-state index contributed by atoms with van der Waals surface area (Å²) in [4.78, 5) is 32.5.